The largest absolute Gasteiger partial charge is 1.00 e. The third-order valence-corrected chi connectivity index (χ3v) is 4.57. The molecule has 4 rings (SSSR count). The van der Waals surface area contributed by atoms with Crippen LogP contribution < -0.4 is 34.0 Å². The van der Waals surface area contributed by atoms with Crippen LogP contribution in [0.2, 0.25) is 0 Å². The van der Waals surface area contributed by atoms with Crippen LogP contribution in [0.1, 0.15) is 31.8 Å². The monoisotopic (exact) mass is 574 g/mol. The lowest BCUT2D eigenvalue weighted by atomic mass is 10.1. The van der Waals surface area contributed by atoms with Gasteiger partial charge in [-0.15, -0.1) is 0 Å². The van der Waals surface area contributed by atoms with Crippen LogP contribution in [0.15, 0.2) is 133 Å². The van der Waals surface area contributed by atoms with Crippen LogP contribution in [0.4, 0.5) is 0 Å². The number of ketones is 2. The normalized spacial score (nSPS) is 9.88. The fourth-order valence-electron chi connectivity index (χ4n) is 2.87. The van der Waals surface area contributed by atoms with Gasteiger partial charge in [-0.05, 0) is 23.3 Å². The number of hydrogen-bond donors (Lipinski definition) is 0. The van der Waals surface area contributed by atoms with E-state index in [2.05, 4.69) is 0 Å². The van der Waals surface area contributed by atoms with Crippen molar-refractivity contribution in [2.45, 2.75) is 0 Å². The Kier molecular flexibility index (Phi) is 13.8. The Balaban J connectivity index is 0.000000321. The summed E-state index contributed by atoms with van der Waals surface area (Å²) in [7, 11) is 0. The fraction of sp³-hybridized carbons (Fsp3) is 0. The molecule has 0 saturated carbocycles. The molecule has 34 heavy (non-hydrogen) atoms. The van der Waals surface area contributed by atoms with Crippen LogP contribution in [-0.4, -0.2) is 11.6 Å². The van der Waals surface area contributed by atoms with E-state index >= 15 is 0 Å². The van der Waals surface area contributed by atoms with E-state index in [-0.39, 0.29) is 45.5 Å². The first-order valence-corrected chi connectivity index (χ1v) is 10.4. The molecule has 4 aromatic rings. The van der Waals surface area contributed by atoms with Gasteiger partial charge < -0.3 is 34.0 Å². The van der Waals surface area contributed by atoms with Crippen molar-refractivity contribution >= 4 is 23.7 Å². The van der Waals surface area contributed by atoms with E-state index in [0.29, 0.717) is 0 Å². The Morgan fingerprint density at radius 3 is 0.971 bits per heavy atom. The summed E-state index contributed by atoms with van der Waals surface area (Å²) in [5.41, 5.74) is 3.50. The number of rotatable bonds is 6. The zero-order valence-electron chi connectivity index (χ0n) is 18.4. The third kappa shape index (κ3) is 10.1. The molecule has 0 atom stereocenters. The molecule has 0 aliphatic rings. The van der Waals surface area contributed by atoms with Crippen molar-refractivity contribution < 1.29 is 43.6 Å². The lowest BCUT2D eigenvalue weighted by molar-refractivity contribution is -0.00100. The summed E-state index contributed by atoms with van der Waals surface area (Å²) in [6.45, 7) is 0. The molecule has 0 saturated heterocycles. The topological polar surface area (TPSA) is 34.1 Å². The second-order valence-corrected chi connectivity index (χ2v) is 6.95. The van der Waals surface area contributed by atoms with Gasteiger partial charge in [0.25, 0.3) is 0 Å². The maximum atomic E-state index is 11.7. The number of benzene rings is 4. The lowest BCUT2D eigenvalue weighted by Gasteiger charge is -1.94. The van der Waals surface area contributed by atoms with Gasteiger partial charge in [-0.3, -0.25) is 9.59 Å². The predicted octanol–water partition coefficient (Wildman–Crippen LogP) is 1.17. The molecule has 0 aliphatic carbocycles. The minimum Gasteiger partial charge on any atom is -1.00 e. The van der Waals surface area contributed by atoms with Crippen molar-refractivity contribution in [2.75, 3.05) is 0 Å². The van der Waals surface area contributed by atoms with Gasteiger partial charge in [0.05, 0.1) is 0 Å². The lowest BCUT2D eigenvalue weighted by Crippen LogP contribution is -3.00. The Hall–Kier alpha value is -3.34. The van der Waals surface area contributed by atoms with Crippen molar-refractivity contribution in [1.29, 1.82) is 0 Å². The molecule has 0 N–H and O–H groups in total. The molecule has 0 heterocycles. The summed E-state index contributed by atoms with van der Waals surface area (Å²) in [6, 6.07) is 38.1. The van der Waals surface area contributed by atoms with Crippen molar-refractivity contribution in [3.8, 4) is 0 Å². The predicted molar refractivity (Wildman–Crippen MR) is 132 cm³/mol. The maximum absolute atomic E-state index is 11.7. The number of carbonyl (C=O) groups excluding carboxylic acids is 2. The molecule has 0 spiro atoms. The molecule has 4 heteroatoms. The van der Waals surface area contributed by atoms with E-state index in [1.807, 2.05) is 133 Å². The fourth-order valence-corrected chi connectivity index (χ4v) is 2.87. The smallest absolute Gasteiger partial charge is 0.185 e. The molecular weight excluding hydrogens is 552 g/mol. The standard InChI is InChI=1S/2C15H12O.2BrH/c2*16-15(14-9-5-2-6-10-14)12-11-13-7-3-1-4-8-13;;/h2*1-12H;2*1H/p-2/b2*12-11+;;. The summed E-state index contributed by atoms with van der Waals surface area (Å²) < 4.78 is 0. The van der Waals surface area contributed by atoms with Gasteiger partial charge in [0.2, 0.25) is 0 Å². The molecule has 4 aromatic carbocycles. The minimum atomic E-state index is 0. The summed E-state index contributed by atoms with van der Waals surface area (Å²) in [4.78, 5) is 23.5. The first-order valence-electron chi connectivity index (χ1n) is 10.4. The third-order valence-electron chi connectivity index (χ3n) is 4.57. The van der Waals surface area contributed by atoms with E-state index in [9.17, 15) is 9.59 Å². The van der Waals surface area contributed by atoms with Crippen molar-refractivity contribution in [2.24, 2.45) is 0 Å². The van der Waals surface area contributed by atoms with E-state index in [1.54, 1.807) is 12.2 Å². The molecule has 2 nitrogen and oxygen atoms in total. The van der Waals surface area contributed by atoms with Crippen LogP contribution in [0.5, 0.6) is 0 Å². The van der Waals surface area contributed by atoms with Crippen LogP contribution in [-0.2, 0) is 0 Å². The molecular formula is C30H24Br2O2-2. The second-order valence-electron chi connectivity index (χ2n) is 6.95. The highest BCUT2D eigenvalue weighted by Gasteiger charge is 1.99. The molecule has 172 valence electrons. The summed E-state index contributed by atoms with van der Waals surface area (Å²) in [6.07, 6.45) is 6.86. The molecule has 0 unspecified atom stereocenters. The molecule has 0 bridgehead atoms. The highest BCUT2D eigenvalue weighted by atomic mass is 79.9. The van der Waals surface area contributed by atoms with E-state index < -0.39 is 0 Å². The van der Waals surface area contributed by atoms with Gasteiger partial charge in [0.1, 0.15) is 0 Å². The van der Waals surface area contributed by atoms with Gasteiger partial charge in [-0.2, -0.15) is 0 Å². The molecule has 0 fully saturated rings. The average molecular weight is 576 g/mol. The molecule has 0 aromatic heterocycles. The Bertz CT molecular complexity index is 1070. The Morgan fingerprint density at radius 1 is 0.412 bits per heavy atom. The van der Waals surface area contributed by atoms with Crippen molar-refractivity contribution in [3.63, 3.8) is 0 Å². The van der Waals surface area contributed by atoms with Crippen LogP contribution in [0.25, 0.3) is 12.2 Å². The van der Waals surface area contributed by atoms with Gasteiger partial charge in [-0.25, -0.2) is 0 Å². The number of carbonyl (C=O) groups is 2. The zero-order chi connectivity index (χ0) is 22.4. The van der Waals surface area contributed by atoms with Crippen LogP contribution in [0.3, 0.4) is 0 Å². The van der Waals surface area contributed by atoms with Crippen molar-refractivity contribution in [1.82, 2.24) is 0 Å². The van der Waals surface area contributed by atoms with E-state index in [1.165, 1.54) is 0 Å². The number of halogens is 2. The molecule has 0 radical (unpaired) electrons. The first kappa shape index (κ1) is 28.7. The first-order chi connectivity index (χ1) is 15.7. The SMILES string of the molecule is O=C(/C=C/c1ccccc1)c1ccccc1.O=C(/C=C/c1ccccc1)c1ccccc1.[Br-].[Br-]. The maximum Gasteiger partial charge on any atom is 0.185 e. The van der Waals surface area contributed by atoms with Gasteiger partial charge >= 0.3 is 0 Å². The van der Waals surface area contributed by atoms with Gasteiger partial charge in [-0.1, -0.05) is 133 Å². The minimum absolute atomic E-state index is 0. The van der Waals surface area contributed by atoms with Crippen molar-refractivity contribution in [3.05, 3.63) is 156 Å². The zero-order valence-corrected chi connectivity index (χ0v) is 21.6. The van der Waals surface area contributed by atoms with Gasteiger partial charge in [0, 0.05) is 11.1 Å². The summed E-state index contributed by atoms with van der Waals surface area (Å²) in [5, 5.41) is 0. The average Bonchev–Trinajstić information content (AvgIpc) is 2.88. The Morgan fingerprint density at radius 2 is 0.676 bits per heavy atom. The second kappa shape index (κ2) is 16.3. The Labute approximate surface area is 222 Å². The molecule has 0 aliphatic heterocycles. The van der Waals surface area contributed by atoms with E-state index in [4.69, 9.17) is 0 Å². The molecule has 0 amide bonds. The van der Waals surface area contributed by atoms with Gasteiger partial charge in [0.15, 0.2) is 11.6 Å². The summed E-state index contributed by atoms with van der Waals surface area (Å²) >= 11 is 0. The highest BCUT2D eigenvalue weighted by molar-refractivity contribution is 6.07. The number of allylic oxidation sites excluding steroid dienone is 2. The van der Waals surface area contributed by atoms with Crippen LogP contribution in [0, 0.1) is 0 Å². The highest BCUT2D eigenvalue weighted by Crippen LogP contribution is 2.06. The quantitative estimate of drug-likeness (QED) is 0.256. The van der Waals surface area contributed by atoms with E-state index in [0.717, 1.165) is 22.3 Å². The van der Waals surface area contributed by atoms with Crippen LogP contribution >= 0.6 is 0 Å². The summed E-state index contributed by atoms with van der Waals surface area (Å²) in [5.74, 6) is 0.0638. The number of hydrogen-bond acceptors (Lipinski definition) is 2.